The lowest BCUT2D eigenvalue weighted by molar-refractivity contribution is 1.08. The number of halogens is 1. The van der Waals surface area contributed by atoms with Gasteiger partial charge in [0.15, 0.2) is 0 Å². The van der Waals surface area contributed by atoms with Crippen molar-refractivity contribution in [3.63, 3.8) is 0 Å². The van der Waals surface area contributed by atoms with Gasteiger partial charge in [-0.1, -0.05) is 0 Å². The number of hydrogen-bond donors (Lipinski definition) is 1. The molecular weight excluding hydrogens is 234 g/mol. The van der Waals surface area contributed by atoms with Crippen molar-refractivity contribution >= 4 is 26.8 Å². The Morgan fingerprint density at radius 3 is 3.08 bits per heavy atom. The van der Waals surface area contributed by atoms with Gasteiger partial charge in [-0.3, -0.25) is 4.79 Å². The molecule has 0 aromatic carbocycles. The van der Waals surface area contributed by atoms with Gasteiger partial charge < -0.3 is 4.98 Å². The fourth-order valence-corrected chi connectivity index (χ4v) is 1.51. The van der Waals surface area contributed by atoms with Crippen LogP contribution in [0.4, 0.5) is 0 Å². The van der Waals surface area contributed by atoms with E-state index in [0.29, 0.717) is 16.7 Å². The van der Waals surface area contributed by atoms with E-state index in [2.05, 4.69) is 30.9 Å². The van der Waals surface area contributed by atoms with Gasteiger partial charge in [-0.15, -0.1) is 0 Å². The number of nitrogens with one attached hydrogen (secondary N) is 1. The topological polar surface area (TPSA) is 58.6 Å². The maximum Gasteiger partial charge on any atom is 0.259 e. The van der Waals surface area contributed by atoms with Gasteiger partial charge >= 0.3 is 0 Å². The number of aromatic nitrogens is 3. The van der Waals surface area contributed by atoms with Crippen molar-refractivity contribution in [3.8, 4) is 0 Å². The van der Waals surface area contributed by atoms with Crippen molar-refractivity contribution < 1.29 is 0 Å². The second-order valence-electron chi connectivity index (χ2n) is 2.65. The molecule has 0 spiro atoms. The monoisotopic (exact) mass is 239 g/mol. The molecule has 1 N–H and O–H groups in total. The molecule has 4 nitrogen and oxygen atoms in total. The number of aromatic amines is 1. The molecule has 5 heteroatoms. The Labute approximate surface area is 82.2 Å². The minimum absolute atomic E-state index is 0.168. The zero-order valence-electron chi connectivity index (χ0n) is 6.84. The largest absolute Gasteiger partial charge is 0.327 e. The number of H-pyrrole nitrogens is 1. The van der Waals surface area contributed by atoms with Crippen molar-refractivity contribution in [2.45, 2.75) is 6.92 Å². The Hall–Kier alpha value is -1.23. The highest BCUT2D eigenvalue weighted by molar-refractivity contribution is 9.10. The van der Waals surface area contributed by atoms with Crippen molar-refractivity contribution in [1.29, 1.82) is 0 Å². The molecule has 66 valence electrons. The minimum atomic E-state index is -0.168. The molecule has 2 heterocycles. The molecule has 0 saturated carbocycles. The first-order valence-electron chi connectivity index (χ1n) is 3.69. The van der Waals surface area contributed by atoms with Crippen LogP contribution in [-0.4, -0.2) is 15.0 Å². The van der Waals surface area contributed by atoms with Gasteiger partial charge in [0, 0.05) is 12.4 Å². The molecule has 0 aliphatic carbocycles. The molecule has 0 fully saturated rings. The maximum absolute atomic E-state index is 11.3. The van der Waals surface area contributed by atoms with Gasteiger partial charge in [0.25, 0.3) is 5.56 Å². The van der Waals surface area contributed by atoms with Gasteiger partial charge in [0.2, 0.25) is 0 Å². The van der Waals surface area contributed by atoms with Crippen LogP contribution in [0.15, 0.2) is 21.7 Å². The Kier molecular flexibility index (Phi) is 1.88. The Bertz CT molecular complexity index is 520. The highest BCUT2D eigenvalue weighted by Gasteiger charge is 2.04. The molecule has 0 radical (unpaired) electrons. The van der Waals surface area contributed by atoms with Crippen LogP contribution in [-0.2, 0) is 0 Å². The van der Waals surface area contributed by atoms with E-state index in [9.17, 15) is 4.79 Å². The number of pyridine rings is 1. The zero-order chi connectivity index (χ0) is 9.42. The predicted molar refractivity (Wildman–Crippen MR) is 52.6 cm³/mol. The highest BCUT2D eigenvalue weighted by atomic mass is 79.9. The summed E-state index contributed by atoms with van der Waals surface area (Å²) in [6, 6.07) is 0. The lowest BCUT2D eigenvalue weighted by Crippen LogP contribution is -2.07. The number of rotatable bonds is 0. The second-order valence-corrected chi connectivity index (χ2v) is 3.50. The minimum Gasteiger partial charge on any atom is -0.327 e. The summed E-state index contributed by atoms with van der Waals surface area (Å²) in [5, 5.41) is 0.500. The normalized spacial score (nSPS) is 10.6. The van der Waals surface area contributed by atoms with E-state index in [0.717, 1.165) is 4.47 Å². The summed E-state index contributed by atoms with van der Waals surface area (Å²) in [6.45, 7) is 1.78. The maximum atomic E-state index is 11.3. The van der Waals surface area contributed by atoms with Crippen LogP contribution in [0.1, 0.15) is 5.82 Å². The van der Waals surface area contributed by atoms with E-state index in [1.807, 2.05) is 0 Å². The smallest absolute Gasteiger partial charge is 0.259 e. The van der Waals surface area contributed by atoms with Crippen LogP contribution in [0.3, 0.4) is 0 Å². The van der Waals surface area contributed by atoms with E-state index in [4.69, 9.17) is 0 Å². The van der Waals surface area contributed by atoms with Crippen LogP contribution < -0.4 is 5.56 Å². The molecule has 0 bridgehead atoms. The third kappa shape index (κ3) is 1.35. The van der Waals surface area contributed by atoms with Crippen molar-refractivity contribution in [2.24, 2.45) is 0 Å². The standard InChI is InChI=1S/C8H6BrN3O/c1-4-10-2-5-7(12-4)6(9)3-11-8(5)13/h2-3H,1H3,(H,11,13). The SMILES string of the molecule is Cc1ncc2c(=O)[nH]cc(Br)c2n1. The van der Waals surface area contributed by atoms with Gasteiger partial charge in [0.05, 0.1) is 15.4 Å². The molecule has 0 aliphatic rings. The van der Waals surface area contributed by atoms with Crippen molar-refractivity contribution in [1.82, 2.24) is 15.0 Å². The number of hydrogen-bond acceptors (Lipinski definition) is 3. The molecule has 0 aliphatic heterocycles. The van der Waals surface area contributed by atoms with Gasteiger partial charge in [-0.25, -0.2) is 9.97 Å². The molecule has 0 unspecified atom stereocenters. The Morgan fingerprint density at radius 1 is 1.54 bits per heavy atom. The molecule has 0 saturated heterocycles. The average molecular weight is 240 g/mol. The summed E-state index contributed by atoms with van der Waals surface area (Å²) in [4.78, 5) is 22.0. The van der Waals surface area contributed by atoms with Gasteiger partial charge in [0.1, 0.15) is 5.82 Å². The molecule has 2 aromatic rings. The summed E-state index contributed by atoms with van der Waals surface area (Å²) >= 11 is 3.30. The Balaban J connectivity index is 3.01. The fourth-order valence-electron chi connectivity index (χ4n) is 1.09. The summed E-state index contributed by atoms with van der Waals surface area (Å²) < 4.78 is 0.771. The predicted octanol–water partition coefficient (Wildman–Crippen LogP) is 1.39. The second kappa shape index (κ2) is 2.92. The van der Waals surface area contributed by atoms with Crippen LogP contribution in [0.2, 0.25) is 0 Å². The first-order valence-corrected chi connectivity index (χ1v) is 4.48. The number of aryl methyl sites for hydroxylation is 1. The summed E-state index contributed by atoms with van der Waals surface area (Å²) in [5.74, 6) is 0.652. The van der Waals surface area contributed by atoms with E-state index >= 15 is 0 Å². The first-order chi connectivity index (χ1) is 6.18. The van der Waals surface area contributed by atoms with Crippen LogP contribution in [0, 0.1) is 6.92 Å². The molecule has 13 heavy (non-hydrogen) atoms. The summed E-state index contributed by atoms with van der Waals surface area (Å²) in [6.07, 6.45) is 3.11. The molecule has 2 rings (SSSR count). The average Bonchev–Trinajstić information content (AvgIpc) is 2.12. The highest BCUT2D eigenvalue weighted by Crippen LogP contribution is 2.16. The summed E-state index contributed by atoms with van der Waals surface area (Å²) in [7, 11) is 0. The third-order valence-electron chi connectivity index (χ3n) is 1.71. The van der Waals surface area contributed by atoms with E-state index in [-0.39, 0.29) is 5.56 Å². The van der Waals surface area contributed by atoms with Crippen LogP contribution >= 0.6 is 15.9 Å². The fraction of sp³-hybridized carbons (Fsp3) is 0.125. The number of nitrogens with zero attached hydrogens (tertiary/aromatic N) is 2. The lowest BCUT2D eigenvalue weighted by Gasteiger charge is -1.98. The summed E-state index contributed by atoms with van der Waals surface area (Å²) in [5.41, 5.74) is 0.481. The van der Waals surface area contributed by atoms with Crippen LogP contribution in [0.25, 0.3) is 10.9 Å². The molecular formula is C8H6BrN3O. The van der Waals surface area contributed by atoms with E-state index in [1.54, 1.807) is 13.1 Å². The first kappa shape index (κ1) is 8.37. The quantitative estimate of drug-likeness (QED) is 0.756. The van der Waals surface area contributed by atoms with Crippen molar-refractivity contribution in [3.05, 3.63) is 33.0 Å². The molecule has 2 aromatic heterocycles. The molecule has 0 amide bonds. The number of fused-ring (bicyclic) bond motifs is 1. The third-order valence-corrected chi connectivity index (χ3v) is 2.31. The van der Waals surface area contributed by atoms with E-state index in [1.165, 1.54) is 6.20 Å². The zero-order valence-corrected chi connectivity index (χ0v) is 8.42. The lowest BCUT2D eigenvalue weighted by atomic mass is 10.3. The van der Waals surface area contributed by atoms with Gasteiger partial charge in [-0.05, 0) is 22.9 Å². The van der Waals surface area contributed by atoms with E-state index < -0.39 is 0 Å². The Morgan fingerprint density at radius 2 is 2.31 bits per heavy atom. The van der Waals surface area contributed by atoms with Crippen LogP contribution in [0.5, 0.6) is 0 Å². The molecule has 0 atom stereocenters. The van der Waals surface area contributed by atoms with Gasteiger partial charge in [-0.2, -0.15) is 0 Å². The van der Waals surface area contributed by atoms with Crippen molar-refractivity contribution in [2.75, 3.05) is 0 Å².